The third-order valence-electron chi connectivity index (χ3n) is 20.7. The summed E-state index contributed by atoms with van der Waals surface area (Å²) in [5, 5.41) is 11.3. The zero-order chi connectivity index (χ0) is 89.4. The maximum absolute atomic E-state index is 11.4. The predicted molar refractivity (Wildman–Crippen MR) is 505 cm³/mol. The molecule has 1 atom stereocenters. The number of benzene rings is 14. The number of carbonyl (C=O) groups is 7. The van der Waals surface area contributed by atoms with Crippen LogP contribution in [0.4, 0.5) is 0 Å². The van der Waals surface area contributed by atoms with Crippen LogP contribution in [0.3, 0.4) is 0 Å². The molecule has 0 radical (unpaired) electrons. The van der Waals surface area contributed by atoms with Gasteiger partial charge >= 0.3 is 41.8 Å². The number of rotatable bonds is 21. The van der Waals surface area contributed by atoms with Crippen LogP contribution in [-0.2, 0) is 76.5 Å². The molecule has 14 aromatic carbocycles. The molecule has 0 aromatic heterocycles. The molecule has 17 heteroatoms. The zero-order valence-corrected chi connectivity index (χ0v) is 71.3. The van der Waals surface area contributed by atoms with Gasteiger partial charge in [0.1, 0.15) is 30.8 Å². The molecule has 3 aliphatic carbocycles. The van der Waals surface area contributed by atoms with Gasteiger partial charge in [-0.3, -0.25) is 0 Å². The minimum atomic E-state index is -0.556. The van der Waals surface area contributed by atoms with Crippen molar-refractivity contribution in [1.82, 2.24) is 0 Å². The van der Waals surface area contributed by atoms with Crippen LogP contribution in [0.15, 0.2) is 373 Å². The van der Waals surface area contributed by atoms with E-state index in [0.717, 1.165) is 70.0 Å². The summed E-state index contributed by atoms with van der Waals surface area (Å²) in [6, 6.07) is 93.9. The van der Waals surface area contributed by atoms with Gasteiger partial charge in [-0.1, -0.05) is 348 Å². The number of halogens is 2. The lowest BCUT2D eigenvalue weighted by Crippen LogP contribution is -2.14. The van der Waals surface area contributed by atoms with Crippen LogP contribution in [0.5, 0.6) is 17.2 Å². The summed E-state index contributed by atoms with van der Waals surface area (Å²) in [6.45, 7) is 27.0. The average Bonchev–Trinajstić information content (AvgIpc) is 1.60. The molecule has 0 heterocycles. The molecule has 0 saturated carbocycles. The van der Waals surface area contributed by atoms with Gasteiger partial charge in [0.25, 0.3) is 0 Å². The van der Waals surface area contributed by atoms with E-state index in [1.165, 1.54) is 107 Å². The standard InChI is InChI=1S/C19H16O2.C17H14O2.C16H16O2.C15H12O2.C15H14O2.C14H12O3.C13H8Cl2O2/c1-2-19(20)21-13-18-16-9-5-3-7-14(16)11-12-15-8-4-6-10-17(15)18;1-2-17(18)19-11-16-14-9-5-3-7-12(14)13-8-4-6-10-15(13)16;1-12(2)16(17)18-11-10-14-8-5-7-13-6-3-4-9-15(13)14;1-2-14(16)17-13-9-11-7-3-5-10-6-4-8-12(13)15(10)11;1-2-15(16)17-11-10-13-8-5-7-12-6-3-4-9-14(12)13;1-3-14(15)17-13-9-8-12(16-2)10-6-4-5-7-11(10)13;1-2-12(16)17-13-9-6-4-3-5-8(9)10(14)7-11(13)15/h2-12,18H,1,13H2;2-10,16H,1,11H2;3-9H,1,10-11H2,2H3;2-8,13H,1,9H2;2-9H,1,10-11H2;3-9H,1H2,2H3;2-7H,1H2. The molecule has 3 aliphatic rings. The van der Waals surface area contributed by atoms with Crippen molar-refractivity contribution >= 4 is 131 Å². The summed E-state index contributed by atoms with van der Waals surface area (Å²) in [5.74, 6) is -1.13. The largest absolute Gasteiger partial charge is 0.496 e. The summed E-state index contributed by atoms with van der Waals surface area (Å²) < 4.78 is 41.6. The van der Waals surface area contributed by atoms with E-state index in [4.69, 9.17) is 61.1 Å². The zero-order valence-electron chi connectivity index (χ0n) is 69.8. The highest BCUT2D eigenvalue weighted by molar-refractivity contribution is 6.40. The fourth-order valence-corrected chi connectivity index (χ4v) is 15.3. The van der Waals surface area contributed by atoms with Gasteiger partial charge in [-0.25, -0.2) is 33.6 Å². The first-order chi connectivity index (χ1) is 61.3. The first kappa shape index (κ1) is 91.7. The van der Waals surface area contributed by atoms with E-state index in [1.807, 2.05) is 146 Å². The van der Waals surface area contributed by atoms with Crippen molar-refractivity contribution < 1.29 is 71.5 Å². The molecule has 1 unspecified atom stereocenters. The van der Waals surface area contributed by atoms with Gasteiger partial charge in [0.05, 0.1) is 30.4 Å². The van der Waals surface area contributed by atoms with Crippen LogP contribution in [0.1, 0.15) is 80.5 Å². The molecule has 0 aliphatic heterocycles. The first-order valence-corrected chi connectivity index (χ1v) is 41.2. The molecular formula is C109H92Cl2O15. The van der Waals surface area contributed by atoms with Crippen LogP contribution in [-0.4, -0.2) is 75.3 Å². The second kappa shape index (κ2) is 45.7. The Morgan fingerprint density at radius 2 is 0.770 bits per heavy atom. The minimum absolute atomic E-state index is 0.0382. The van der Waals surface area contributed by atoms with Crippen molar-refractivity contribution in [2.75, 3.05) is 33.5 Å². The number of methoxy groups -OCH3 is 1. The van der Waals surface area contributed by atoms with Gasteiger partial charge in [0.15, 0.2) is 5.75 Å². The average molecular weight is 1710 g/mol. The fourth-order valence-electron chi connectivity index (χ4n) is 14.8. The van der Waals surface area contributed by atoms with Crippen LogP contribution in [0.25, 0.3) is 77.1 Å². The molecule has 0 spiro atoms. The highest BCUT2D eigenvalue weighted by Gasteiger charge is 2.30. The Balaban J connectivity index is 0.000000143. The Labute approximate surface area is 742 Å². The molecule has 0 N–H and O–H groups in total. The normalized spacial score (nSPS) is 11.9. The Bertz CT molecular complexity index is 6340. The second-order valence-corrected chi connectivity index (χ2v) is 29.4. The van der Waals surface area contributed by atoms with Crippen molar-refractivity contribution in [3.63, 3.8) is 0 Å². The molecule has 632 valence electrons. The summed E-state index contributed by atoms with van der Waals surface area (Å²) in [6.07, 6.45) is 13.3. The van der Waals surface area contributed by atoms with Crippen LogP contribution in [0, 0.1) is 0 Å². The number of hydrogen-bond donors (Lipinski definition) is 0. The number of esters is 7. The molecule has 0 saturated heterocycles. The SMILES string of the molecule is C=C(C)C(=O)OCCc1cccc2ccccc12.C=CC(=O)OC1Cc2cccc3cccc1c23.C=CC(=O)OCC1c2ccccc2-c2ccccc21.C=CC(=O)OCC1c2ccccc2C=Cc2ccccc21.C=CC(=O)OCCc1cccc2ccccc12.C=CC(=O)Oc1c(Cl)cc(Cl)c2ccccc12.C=CC(=O)Oc1ccc(OC)c2ccccc12. The van der Waals surface area contributed by atoms with Gasteiger partial charge in [0, 0.05) is 100 Å². The number of hydrogen-bond acceptors (Lipinski definition) is 15. The summed E-state index contributed by atoms with van der Waals surface area (Å²) in [7, 11) is 1.61. The van der Waals surface area contributed by atoms with E-state index in [9.17, 15) is 33.6 Å². The molecule has 126 heavy (non-hydrogen) atoms. The van der Waals surface area contributed by atoms with Crippen molar-refractivity contribution in [3.05, 3.63) is 439 Å². The van der Waals surface area contributed by atoms with Gasteiger partial charge in [0.2, 0.25) is 0 Å². The molecule has 0 amide bonds. The number of carbonyl (C=O) groups excluding carboxylic acids is 7. The van der Waals surface area contributed by atoms with Crippen molar-refractivity contribution in [2.24, 2.45) is 0 Å². The van der Waals surface area contributed by atoms with Crippen LogP contribution >= 0.6 is 23.2 Å². The maximum atomic E-state index is 11.4. The molecular weight excluding hydrogens is 1620 g/mol. The molecule has 0 fully saturated rings. The van der Waals surface area contributed by atoms with Crippen LogP contribution < -0.4 is 14.2 Å². The summed E-state index contributed by atoms with van der Waals surface area (Å²) in [4.78, 5) is 78.6. The van der Waals surface area contributed by atoms with Gasteiger partial charge in [-0.05, 0) is 119 Å². The maximum Gasteiger partial charge on any atom is 0.335 e. The van der Waals surface area contributed by atoms with Crippen molar-refractivity contribution in [3.8, 4) is 28.4 Å². The Hall–Kier alpha value is -15.0. The Kier molecular flexibility index (Phi) is 33.3. The third kappa shape index (κ3) is 23.8. The molecule has 15 nitrogen and oxygen atoms in total. The monoisotopic (exact) mass is 1710 g/mol. The summed E-state index contributed by atoms with van der Waals surface area (Å²) in [5.41, 5.74) is 14.8. The van der Waals surface area contributed by atoms with Crippen molar-refractivity contribution in [1.29, 1.82) is 0 Å². The van der Waals surface area contributed by atoms with E-state index < -0.39 is 11.9 Å². The summed E-state index contributed by atoms with van der Waals surface area (Å²) >= 11 is 12.1. The highest BCUT2D eigenvalue weighted by Crippen LogP contribution is 2.46. The smallest absolute Gasteiger partial charge is 0.335 e. The van der Waals surface area contributed by atoms with Gasteiger partial charge < -0.3 is 37.9 Å². The first-order valence-electron chi connectivity index (χ1n) is 40.4. The van der Waals surface area contributed by atoms with E-state index in [2.05, 4.69) is 173 Å². The fraction of sp³-hybridized carbons (Fsp3) is 0.110. The molecule has 17 rings (SSSR count). The van der Waals surface area contributed by atoms with Gasteiger partial charge in [-0.15, -0.1) is 0 Å². The Morgan fingerprint density at radius 3 is 1.29 bits per heavy atom. The second-order valence-electron chi connectivity index (χ2n) is 28.6. The lowest BCUT2D eigenvalue weighted by Gasteiger charge is -2.19. The van der Waals surface area contributed by atoms with E-state index in [-0.39, 0.29) is 47.8 Å². The van der Waals surface area contributed by atoms with Gasteiger partial charge in [-0.2, -0.15) is 0 Å². The van der Waals surface area contributed by atoms with E-state index in [1.54, 1.807) is 38.3 Å². The Morgan fingerprint density at radius 1 is 0.373 bits per heavy atom. The van der Waals surface area contributed by atoms with Crippen LogP contribution in [0.2, 0.25) is 10.0 Å². The topological polar surface area (TPSA) is 193 Å². The van der Waals surface area contributed by atoms with Crippen molar-refractivity contribution in [2.45, 2.75) is 44.1 Å². The van der Waals surface area contributed by atoms with E-state index in [0.29, 0.717) is 58.9 Å². The quantitative estimate of drug-likeness (QED) is 0.0285. The van der Waals surface area contributed by atoms with E-state index >= 15 is 0 Å². The lowest BCUT2D eigenvalue weighted by molar-refractivity contribution is -0.143. The number of ether oxygens (including phenoxy) is 8. The minimum Gasteiger partial charge on any atom is -0.496 e. The predicted octanol–water partition coefficient (Wildman–Crippen LogP) is 24.5. The number of fused-ring (bicyclic) bond motifs is 9. The lowest BCUT2D eigenvalue weighted by atomic mass is 9.88. The molecule has 14 aromatic rings. The third-order valence-corrected chi connectivity index (χ3v) is 21.3. The highest BCUT2D eigenvalue weighted by atomic mass is 35.5. The molecule has 0 bridgehead atoms.